The lowest BCUT2D eigenvalue weighted by molar-refractivity contribution is -0.116. The number of hydrogen-bond donors (Lipinski definition) is 1. The van der Waals surface area contributed by atoms with Gasteiger partial charge in [0.2, 0.25) is 23.4 Å². The lowest BCUT2D eigenvalue weighted by Gasteiger charge is -2.14. The Labute approximate surface area is 161 Å². The Morgan fingerprint density at radius 2 is 1.89 bits per heavy atom. The van der Waals surface area contributed by atoms with Crippen LogP contribution in [0.5, 0.6) is 17.2 Å². The predicted octanol–water partition coefficient (Wildman–Crippen LogP) is 2.73. The van der Waals surface area contributed by atoms with Crippen LogP contribution in [0.1, 0.15) is 12.3 Å². The van der Waals surface area contributed by atoms with E-state index >= 15 is 0 Å². The molecule has 0 fully saturated rings. The summed E-state index contributed by atoms with van der Waals surface area (Å²) in [7, 11) is 4.54. The van der Waals surface area contributed by atoms with E-state index in [1.165, 1.54) is 21.3 Å². The van der Waals surface area contributed by atoms with Crippen molar-refractivity contribution in [1.29, 1.82) is 0 Å². The van der Waals surface area contributed by atoms with Crippen molar-refractivity contribution in [3.8, 4) is 28.6 Å². The van der Waals surface area contributed by atoms with Crippen LogP contribution >= 0.6 is 0 Å². The van der Waals surface area contributed by atoms with E-state index in [-0.39, 0.29) is 12.3 Å². The monoisotopic (exact) mass is 384 g/mol. The second kappa shape index (κ2) is 8.85. The van der Waals surface area contributed by atoms with E-state index in [4.69, 9.17) is 18.7 Å². The van der Waals surface area contributed by atoms with Crippen molar-refractivity contribution in [3.05, 3.63) is 42.5 Å². The number of methoxy groups -OCH3 is 3. The van der Waals surface area contributed by atoms with Crippen molar-refractivity contribution < 1.29 is 23.5 Å². The quantitative estimate of drug-likeness (QED) is 0.631. The number of rotatable bonds is 8. The van der Waals surface area contributed by atoms with Crippen LogP contribution in [0.25, 0.3) is 11.4 Å². The van der Waals surface area contributed by atoms with Crippen LogP contribution in [0.2, 0.25) is 0 Å². The molecule has 9 heteroatoms. The molecule has 0 saturated carbocycles. The van der Waals surface area contributed by atoms with E-state index in [0.717, 1.165) is 5.56 Å². The van der Waals surface area contributed by atoms with Gasteiger partial charge in [0.15, 0.2) is 11.5 Å². The molecule has 28 heavy (non-hydrogen) atoms. The molecule has 0 aliphatic carbocycles. The van der Waals surface area contributed by atoms with Gasteiger partial charge in [0, 0.05) is 48.6 Å². The van der Waals surface area contributed by atoms with Gasteiger partial charge in [0.05, 0.1) is 21.3 Å². The minimum absolute atomic E-state index is 0.172. The Balaban J connectivity index is 1.63. The third-order valence-corrected chi connectivity index (χ3v) is 3.90. The molecule has 1 amide bonds. The molecule has 2 aromatic heterocycles. The number of amides is 1. The SMILES string of the molecule is COc1cc(NC(=O)CCc2nc(-c3cccnc3)no2)cc(OC)c1OC. The van der Waals surface area contributed by atoms with Gasteiger partial charge < -0.3 is 24.1 Å². The highest BCUT2D eigenvalue weighted by molar-refractivity contribution is 5.91. The minimum Gasteiger partial charge on any atom is -0.493 e. The van der Waals surface area contributed by atoms with Crippen LogP contribution in [0, 0.1) is 0 Å². The third-order valence-electron chi connectivity index (χ3n) is 3.90. The predicted molar refractivity (Wildman–Crippen MR) is 101 cm³/mol. The molecule has 1 aromatic carbocycles. The summed E-state index contributed by atoms with van der Waals surface area (Å²) >= 11 is 0. The lowest BCUT2D eigenvalue weighted by atomic mass is 10.2. The highest BCUT2D eigenvalue weighted by Crippen LogP contribution is 2.39. The molecule has 3 rings (SSSR count). The zero-order chi connectivity index (χ0) is 19.9. The van der Waals surface area contributed by atoms with Crippen molar-refractivity contribution in [2.75, 3.05) is 26.6 Å². The van der Waals surface area contributed by atoms with Crippen LogP contribution < -0.4 is 19.5 Å². The standard InChI is InChI=1S/C19H20N4O5/c1-25-14-9-13(10-15(26-2)18(14)27-3)21-16(24)6-7-17-22-19(23-28-17)12-5-4-8-20-11-12/h4-5,8-11H,6-7H2,1-3H3,(H,21,24). The summed E-state index contributed by atoms with van der Waals surface area (Å²) in [6.07, 6.45) is 3.79. The van der Waals surface area contributed by atoms with E-state index in [0.29, 0.717) is 41.1 Å². The van der Waals surface area contributed by atoms with Crippen molar-refractivity contribution >= 4 is 11.6 Å². The zero-order valence-electron chi connectivity index (χ0n) is 15.8. The van der Waals surface area contributed by atoms with E-state index in [1.807, 2.05) is 6.07 Å². The van der Waals surface area contributed by atoms with Crippen molar-refractivity contribution in [3.63, 3.8) is 0 Å². The first-order valence-electron chi connectivity index (χ1n) is 8.47. The van der Waals surface area contributed by atoms with Gasteiger partial charge in [-0.25, -0.2) is 0 Å². The molecule has 0 atom stereocenters. The number of nitrogens with zero attached hydrogens (tertiary/aromatic N) is 3. The van der Waals surface area contributed by atoms with Gasteiger partial charge in [0.1, 0.15) is 0 Å². The molecule has 0 aliphatic heterocycles. The minimum atomic E-state index is -0.213. The molecule has 9 nitrogen and oxygen atoms in total. The Bertz CT molecular complexity index is 918. The van der Waals surface area contributed by atoms with Crippen molar-refractivity contribution in [1.82, 2.24) is 15.1 Å². The zero-order valence-corrected chi connectivity index (χ0v) is 15.8. The van der Waals surface area contributed by atoms with E-state index in [1.54, 1.807) is 30.6 Å². The number of ether oxygens (including phenoxy) is 3. The second-order valence-electron chi connectivity index (χ2n) is 5.72. The fraction of sp³-hybridized carbons (Fsp3) is 0.263. The number of aryl methyl sites for hydroxylation is 1. The summed E-state index contributed by atoms with van der Waals surface area (Å²) in [5.74, 6) is 1.96. The van der Waals surface area contributed by atoms with Gasteiger partial charge in [-0.15, -0.1) is 0 Å². The van der Waals surface area contributed by atoms with Crippen LogP contribution in [0.3, 0.4) is 0 Å². The first-order valence-corrected chi connectivity index (χ1v) is 8.47. The second-order valence-corrected chi connectivity index (χ2v) is 5.72. The molecule has 0 spiro atoms. The topological polar surface area (TPSA) is 109 Å². The maximum absolute atomic E-state index is 12.3. The van der Waals surface area contributed by atoms with Gasteiger partial charge in [0.25, 0.3) is 0 Å². The van der Waals surface area contributed by atoms with Crippen LogP contribution in [-0.4, -0.2) is 42.4 Å². The highest BCUT2D eigenvalue weighted by atomic mass is 16.5. The Hall–Kier alpha value is -3.62. The Morgan fingerprint density at radius 3 is 2.50 bits per heavy atom. The normalized spacial score (nSPS) is 10.4. The van der Waals surface area contributed by atoms with Crippen molar-refractivity contribution in [2.24, 2.45) is 0 Å². The molecule has 0 unspecified atom stereocenters. The van der Waals surface area contributed by atoms with E-state index in [2.05, 4.69) is 20.4 Å². The maximum Gasteiger partial charge on any atom is 0.227 e. The van der Waals surface area contributed by atoms with E-state index in [9.17, 15) is 4.79 Å². The van der Waals surface area contributed by atoms with Gasteiger partial charge in [-0.2, -0.15) is 4.98 Å². The molecular formula is C19H20N4O5. The smallest absolute Gasteiger partial charge is 0.227 e. The Kier molecular flexibility index (Phi) is 6.05. The van der Waals surface area contributed by atoms with Crippen LogP contribution in [0.4, 0.5) is 5.69 Å². The van der Waals surface area contributed by atoms with Crippen LogP contribution in [0.15, 0.2) is 41.2 Å². The fourth-order valence-electron chi connectivity index (χ4n) is 2.57. The molecular weight excluding hydrogens is 364 g/mol. The number of hydrogen-bond acceptors (Lipinski definition) is 8. The molecule has 3 aromatic rings. The Morgan fingerprint density at radius 1 is 1.14 bits per heavy atom. The number of anilines is 1. The largest absolute Gasteiger partial charge is 0.493 e. The van der Waals surface area contributed by atoms with Gasteiger partial charge >= 0.3 is 0 Å². The first-order chi connectivity index (χ1) is 13.6. The number of carbonyl (C=O) groups is 1. The third kappa shape index (κ3) is 4.37. The average molecular weight is 384 g/mol. The van der Waals surface area contributed by atoms with Crippen molar-refractivity contribution in [2.45, 2.75) is 12.8 Å². The summed E-state index contributed by atoms with van der Waals surface area (Å²) in [4.78, 5) is 20.6. The molecule has 146 valence electrons. The number of nitrogens with one attached hydrogen (secondary N) is 1. The van der Waals surface area contributed by atoms with E-state index < -0.39 is 0 Å². The number of carbonyl (C=O) groups excluding carboxylic acids is 1. The molecule has 0 radical (unpaired) electrons. The summed E-state index contributed by atoms with van der Waals surface area (Å²) in [5.41, 5.74) is 1.28. The number of aromatic nitrogens is 3. The first kappa shape index (κ1) is 19.2. The van der Waals surface area contributed by atoms with Gasteiger partial charge in [-0.3, -0.25) is 9.78 Å². The molecule has 2 heterocycles. The molecule has 0 saturated heterocycles. The lowest BCUT2D eigenvalue weighted by Crippen LogP contribution is -2.12. The maximum atomic E-state index is 12.3. The number of pyridine rings is 1. The average Bonchev–Trinajstić information content (AvgIpc) is 3.21. The molecule has 0 bridgehead atoms. The highest BCUT2D eigenvalue weighted by Gasteiger charge is 2.15. The molecule has 0 aliphatic rings. The summed E-state index contributed by atoms with van der Waals surface area (Å²) in [6.45, 7) is 0. The fourth-order valence-corrected chi connectivity index (χ4v) is 2.57. The summed E-state index contributed by atoms with van der Waals surface area (Å²) in [6, 6.07) is 6.94. The summed E-state index contributed by atoms with van der Waals surface area (Å²) < 4.78 is 21.0. The van der Waals surface area contributed by atoms with Gasteiger partial charge in [-0.05, 0) is 12.1 Å². The van der Waals surface area contributed by atoms with Crippen LogP contribution in [-0.2, 0) is 11.2 Å². The molecule has 1 N–H and O–H groups in total. The van der Waals surface area contributed by atoms with Gasteiger partial charge in [-0.1, -0.05) is 5.16 Å². The summed E-state index contributed by atoms with van der Waals surface area (Å²) in [5, 5.41) is 6.71. The number of benzene rings is 1.